The highest BCUT2D eigenvalue weighted by Gasteiger charge is 2.17. The second kappa shape index (κ2) is 8.48. The monoisotopic (exact) mass is 335 g/mol. The van der Waals surface area contributed by atoms with Crippen LogP contribution >= 0.6 is 0 Å². The molecule has 7 nitrogen and oxygen atoms in total. The molecular weight excluding hydrogens is 306 g/mol. The van der Waals surface area contributed by atoms with Gasteiger partial charge in [-0.05, 0) is 44.7 Å². The topological polar surface area (TPSA) is 82.4 Å². The fourth-order valence-electron chi connectivity index (χ4n) is 3.69. The summed E-state index contributed by atoms with van der Waals surface area (Å²) >= 11 is 0. The Labute approximate surface area is 143 Å². The zero-order valence-electron chi connectivity index (χ0n) is 14.3. The highest BCUT2D eigenvalue weighted by atomic mass is 16.3. The van der Waals surface area contributed by atoms with Crippen molar-refractivity contribution < 1.29 is 9.90 Å². The Hall–Kier alpha value is -1.60. The second-order valence-electron chi connectivity index (χ2n) is 7.10. The number of carbonyl (C=O) groups is 1. The molecule has 1 aliphatic carbocycles. The molecule has 0 radical (unpaired) electrons. The molecule has 0 bridgehead atoms. The number of β-amino-alcohol motifs (C(OH)–C–C–N with tert-alkyl or cyclic N) is 1. The first-order chi connectivity index (χ1) is 11.7. The number of rotatable bonds is 7. The van der Waals surface area contributed by atoms with Gasteiger partial charge < -0.3 is 20.6 Å². The van der Waals surface area contributed by atoms with Crippen LogP contribution in [0.25, 0.3) is 0 Å². The number of likely N-dealkylation sites (tertiary alicyclic amines) is 1. The molecule has 1 unspecified atom stereocenters. The van der Waals surface area contributed by atoms with Gasteiger partial charge in [0.25, 0.3) is 0 Å². The van der Waals surface area contributed by atoms with E-state index in [0.29, 0.717) is 24.7 Å². The molecule has 24 heavy (non-hydrogen) atoms. The summed E-state index contributed by atoms with van der Waals surface area (Å²) in [5.74, 6) is 0.624. The van der Waals surface area contributed by atoms with Crippen LogP contribution in [0.15, 0.2) is 12.4 Å². The van der Waals surface area contributed by atoms with E-state index in [1.54, 1.807) is 17.1 Å². The lowest BCUT2D eigenvalue weighted by molar-refractivity contribution is 0.106. The molecule has 3 rings (SSSR count). The molecule has 2 aliphatic rings. The number of aromatic nitrogens is 2. The third-order valence-electron chi connectivity index (χ3n) is 4.98. The van der Waals surface area contributed by atoms with Crippen molar-refractivity contribution >= 4 is 11.7 Å². The van der Waals surface area contributed by atoms with Gasteiger partial charge in [0.05, 0.1) is 24.5 Å². The van der Waals surface area contributed by atoms with E-state index in [0.717, 1.165) is 19.6 Å². The fraction of sp³-hybridized carbons (Fsp3) is 0.765. The number of amides is 2. The van der Waals surface area contributed by atoms with Crippen LogP contribution in [0.4, 0.5) is 10.5 Å². The van der Waals surface area contributed by atoms with Crippen LogP contribution in [-0.2, 0) is 6.54 Å². The normalized spacial score (nSPS) is 20.4. The SMILES string of the molecule is O=C(NCC1CCCC1)Nc1cnn(CC(O)CN2CCCC2)c1. The maximum atomic E-state index is 11.9. The molecule has 1 aliphatic heterocycles. The molecule has 1 aromatic heterocycles. The predicted octanol–water partition coefficient (Wildman–Crippen LogP) is 1.65. The molecule has 7 heteroatoms. The van der Waals surface area contributed by atoms with Gasteiger partial charge in [0.1, 0.15) is 0 Å². The van der Waals surface area contributed by atoms with E-state index < -0.39 is 6.10 Å². The van der Waals surface area contributed by atoms with Gasteiger partial charge in [-0.15, -0.1) is 0 Å². The van der Waals surface area contributed by atoms with Crippen molar-refractivity contribution in [2.24, 2.45) is 5.92 Å². The summed E-state index contributed by atoms with van der Waals surface area (Å²) in [6.07, 6.45) is 10.4. The number of anilines is 1. The van der Waals surface area contributed by atoms with Crippen LogP contribution in [0.3, 0.4) is 0 Å². The highest BCUT2D eigenvalue weighted by Crippen LogP contribution is 2.23. The van der Waals surface area contributed by atoms with E-state index in [9.17, 15) is 9.90 Å². The number of carbonyl (C=O) groups excluding carboxylic acids is 1. The van der Waals surface area contributed by atoms with Crippen LogP contribution < -0.4 is 10.6 Å². The molecule has 1 aromatic rings. The summed E-state index contributed by atoms with van der Waals surface area (Å²) in [6.45, 7) is 4.02. The number of aliphatic hydroxyl groups excluding tert-OH is 1. The zero-order chi connectivity index (χ0) is 16.8. The molecule has 2 amide bonds. The van der Waals surface area contributed by atoms with E-state index in [4.69, 9.17) is 0 Å². The van der Waals surface area contributed by atoms with Crippen molar-refractivity contribution in [1.29, 1.82) is 0 Å². The van der Waals surface area contributed by atoms with E-state index in [-0.39, 0.29) is 6.03 Å². The zero-order valence-corrected chi connectivity index (χ0v) is 14.3. The van der Waals surface area contributed by atoms with Crippen LogP contribution in [0, 0.1) is 5.92 Å². The van der Waals surface area contributed by atoms with Gasteiger partial charge in [-0.3, -0.25) is 4.68 Å². The molecule has 2 fully saturated rings. The van der Waals surface area contributed by atoms with Crippen LogP contribution in [-0.4, -0.2) is 58.1 Å². The average molecular weight is 335 g/mol. The summed E-state index contributed by atoms with van der Waals surface area (Å²) in [6, 6.07) is -0.181. The Morgan fingerprint density at radius 3 is 2.75 bits per heavy atom. The van der Waals surface area contributed by atoms with Crippen molar-refractivity contribution in [3.8, 4) is 0 Å². The van der Waals surface area contributed by atoms with Gasteiger partial charge in [-0.25, -0.2) is 4.79 Å². The third-order valence-corrected chi connectivity index (χ3v) is 4.98. The van der Waals surface area contributed by atoms with Gasteiger partial charge >= 0.3 is 6.03 Å². The second-order valence-corrected chi connectivity index (χ2v) is 7.10. The van der Waals surface area contributed by atoms with Crippen molar-refractivity contribution in [2.75, 3.05) is 31.5 Å². The Kier molecular flexibility index (Phi) is 6.09. The summed E-state index contributed by atoms with van der Waals surface area (Å²) in [4.78, 5) is 14.2. The van der Waals surface area contributed by atoms with Crippen LogP contribution in [0.2, 0.25) is 0 Å². The Morgan fingerprint density at radius 1 is 1.25 bits per heavy atom. The molecule has 2 heterocycles. The largest absolute Gasteiger partial charge is 0.390 e. The lowest BCUT2D eigenvalue weighted by Crippen LogP contribution is -2.33. The maximum absolute atomic E-state index is 11.9. The fourth-order valence-corrected chi connectivity index (χ4v) is 3.69. The highest BCUT2D eigenvalue weighted by molar-refractivity contribution is 5.88. The minimum atomic E-state index is -0.438. The average Bonchev–Trinajstić information content (AvgIpc) is 3.28. The number of hydrogen-bond acceptors (Lipinski definition) is 4. The number of nitrogens with zero attached hydrogens (tertiary/aromatic N) is 3. The summed E-state index contributed by atoms with van der Waals surface area (Å²) in [5.41, 5.74) is 0.660. The van der Waals surface area contributed by atoms with Gasteiger partial charge in [0, 0.05) is 19.3 Å². The van der Waals surface area contributed by atoms with E-state index in [1.165, 1.54) is 38.5 Å². The molecule has 1 atom stereocenters. The molecule has 134 valence electrons. The summed E-state index contributed by atoms with van der Waals surface area (Å²) < 4.78 is 1.69. The first-order valence-corrected chi connectivity index (χ1v) is 9.17. The smallest absolute Gasteiger partial charge is 0.319 e. The number of aliphatic hydroxyl groups is 1. The van der Waals surface area contributed by atoms with E-state index in [2.05, 4.69) is 20.6 Å². The Balaban J connectivity index is 1.38. The van der Waals surface area contributed by atoms with Crippen LogP contribution in [0.1, 0.15) is 38.5 Å². The minimum Gasteiger partial charge on any atom is -0.390 e. The number of urea groups is 1. The van der Waals surface area contributed by atoms with Gasteiger partial charge in [-0.1, -0.05) is 12.8 Å². The molecular formula is C17H29N5O2. The summed E-state index contributed by atoms with van der Waals surface area (Å²) in [5, 5.41) is 20.1. The van der Waals surface area contributed by atoms with Gasteiger partial charge in [0.15, 0.2) is 0 Å². The minimum absolute atomic E-state index is 0.181. The lowest BCUT2D eigenvalue weighted by Gasteiger charge is -2.19. The predicted molar refractivity (Wildman–Crippen MR) is 92.9 cm³/mol. The standard InChI is InChI=1S/C17H29N5O2/c23-16(12-21-7-3-4-8-21)13-22-11-15(10-19-22)20-17(24)18-9-14-5-1-2-6-14/h10-11,14,16,23H,1-9,12-13H2,(H2,18,20,24). The molecule has 3 N–H and O–H groups in total. The molecule has 0 spiro atoms. The van der Waals surface area contributed by atoms with Crippen molar-refractivity contribution in [3.05, 3.63) is 12.4 Å². The molecule has 1 saturated carbocycles. The first-order valence-electron chi connectivity index (χ1n) is 9.17. The molecule has 1 saturated heterocycles. The van der Waals surface area contributed by atoms with E-state index in [1.807, 2.05) is 0 Å². The number of hydrogen-bond donors (Lipinski definition) is 3. The van der Waals surface area contributed by atoms with Gasteiger partial charge in [0.2, 0.25) is 0 Å². The van der Waals surface area contributed by atoms with Crippen molar-refractivity contribution in [2.45, 2.75) is 51.2 Å². The summed E-state index contributed by atoms with van der Waals surface area (Å²) in [7, 11) is 0. The van der Waals surface area contributed by atoms with Gasteiger partial charge in [-0.2, -0.15) is 5.10 Å². The number of nitrogens with one attached hydrogen (secondary N) is 2. The Bertz CT molecular complexity index is 521. The molecule has 0 aromatic carbocycles. The van der Waals surface area contributed by atoms with Crippen molar-refractivity contribution in [3.63, 3.8) is 0 Å². The van der Waals surface area contributed by atoms with E-state index >= 15 is 0 Å². The lowest BCUT2D eigenvalue weighted by atomic mass is 10.1. The quantitative estimate of drug-likeness (QED) is 0.708. The first kappa shape index (κ1) is 17.2. The third kappa shape index (κ3) is 5.21. The maximum Gasteiger partial charge on any atom is 0.319 e. The Morgan fingerprint density at radius 2 is 2.00 bits per heavy atom. The van der Waals surface area contributed by atoms with Crippen LogP contribution in [0.5, 0.6) is 0 Å². The van der Waals surface area contributed by atoms with Crippen molar-refractivity contribution in [1.82, 2.24) is 20.0 Å².